The van der Waals surface area contributed by atoms with Gasteiger partial charge in [-0.25, -0.2) is 4.79 Å². The molecule has 0 aliphatic heterocycles. The molecule has 3 aromatic carbocycles. The minimum absolute atomic E-state index is 0.159. The number of hydrogen-bond donors (Lipinski definition) is 0. The lowest BCUT2D eigenvalue weighted by atomic mass is 9.76. The third-order valence-electron chi connectivity index (χ3n) is 7.41. The Kier molecular flexibility index (Phi) is 7.79. The lowest BCUT2D eigenvalue weighted by Crippen LogP contribution is -2.31. The minimum atomic E-state index is -0.336. The maximum Gasteiger partial charge on any atom is 0.343 e. The van der Waals surface area contributed by atoms with E-state index in [1.165, 1.54) is 11.1 Å². The Morgan fingerprint density at radius 3 is 1.57 bits per heavy atom. The van der Waals surface area contributed by atoms with Gasteiger partial charge in [0.1, 0.15) is 17.1 Å². The fraction of sp³-hybridized carbons (Fsp3) is 0.406. The summed E-state index contributed by atoms with van der Waals surface area (Å²) in [5.74, 6) is 1.29. The van der Waals surface area contributed by atoms with Crippen LogP contribution in [0.2, 0.25) is 0 Å². The van der Waals surface area contributed by atoms with Crippen LogP contribution < -0.4 is 9.47 Å². The van der Waals surface area contributed by atoms with Gasteiger partial charge in [0.15, 0.2) is 0 Å². The molecule has 0 aliphatic rings. The Morgan fingerprint density at radius 2 is 1.14 bits per heavy atom. The van der Waals surface area contributed by atoms with Gasteiger partial charge in [-0.15, -0.1) is 0 Å². The third-order valence-corrected chi connectivity index (χ3v) is 7.41. The number of carbonyl (C=O) groups is 1. The van der Waals surface area contributed by atoms with Gasteiger partial charge in [-0.05, 0) is 93.0 Å². The van der Waals surface area contributed by atoms with Crippen molar-refractivity contribution in [3.63, 3.8) is 0 Å². The normalized spacial score (nSPS) is 11.9. The van der Waals surface area contributed by atoms with Crippen LogP contribution in [-0.4, -0.2) is 11.6 Å². The summed E-state index contributed by atoms with van der Waals surface area (Å²) < 4.78 is 12.3. The van der Waals surface area contributed by atoms with E-state index in [0.29, 0.717) is 11.3 Å². The van der Waals surface area contributed by atoms with Crippen LogP contribution in [0.25, 0.3) is 0 Å². The highest BCUT2D eigenvalue weighted by atomic mass is 16.5. The van der Waals surface area contributed by atoms with E-state index in [1.54, 1.807) is 12.1 Å². The average Bonchev–Trinajstić information content (AvgIpc) is 2.83. The molecule has 0 spiro atoms. The molecule has 0 unspecified atom stereocenters. The van der Waals surface area contributed by atoms with E-state index in [9.17, 15) is 4.79 Å². The number of aryl methyl sites for hydroxylation is 4. The lowest BCUT2D eigenvalue weighted by Gasteiger charge is -2.32. The molecule has 0 radical (unpaired) electrons. The number of rotatable bonds is 8. The molecule has 3 heteroatoms. The van der Waals surface area contributed by atoms with E-state index in [-0.39, 0.29) is 17.0 Å². The van der Waals surface area contributed by atoms with Gasteiger partial charge < -0.3 is 9.47 Å². The van der Waals surface area contributed by atoms with Gasteiger partial charge in [0.05, 0.1) is 5.56 Å². The zero-order chi connectivity index (χ0) is 26.0. The molecule has 3 aromatic rings. The SMILES string of the molecule is CCC(C)(CC)Oc1c(C)cc(C(C)(C)c2cc(C)c(OC(=O)c3ccccc3)c(C)c2)cc1C. The topological polar surface area (TPSA) is 35.5 Å². The van der Waals surface area contributed by atoms with Crippen LogP contribution in [0.5, 0.6) is 11.5 Å². The van der Waals surface area contributed by atoms with Gasteiger partial charge in [-0.2, -0.15) is 0 Å². The summed E-state index contributed by atoms with van der Waals surface area (Å²) in [7, 11) is 0. The van der Waals surface area contributed by atoms with Crippen molar-refractivity contribution < 1.29 is 14.3 Å². The van der Waals surface area contributed by atoms with Gasteiger partial charge in [0.25, 0.3) is 0 Å². The predicted molar refractivity (Wildman–Crippen MR) is 145 cm³/mol. The molecule has 35 heavy (non-hydrogen) atoms. The first-order valence-corrected chi connectivity index (χ1v) is 12.6. The van der Waals surface area contributed by atoms with Crippen molar-refractivity contribution in [2.75, 3.05) is 0 Å². The van der Waals surface area contributed by atoms with Crippen molar-refractivity contribution in [2.24, 2.45) is 0 Å². The maximum absolute atomic E-state index is 12.6. The standard InChI is InChI=1S/C32H40O3/c1-10-32(9,11-2)35-29-23(5)19-27(20-24(29)6)31(7,8)26-17-21(3)28(22(4)18-26)34-30(33)25-15-13-12-14-16-25/h12-20H,10-11H2,1-9H3. The highest BCUT2D eigenvalue weighted by Crippen LogP contribution is 2.39. The smallest absolute Gasteiger partial charge is 0.343 e. The van der Waals surface area contributed by atoms with Crippen LogP contribution in [0.4, 0.5) is 0 Å². The maximum atomic E-state index is 12.6. The Bertz CT molecular complexity index is 1150. The molecular formula is C32H40O3. The monoisotopic (exact) mass is 472 g/mol. The first-order valence-electron chi connectivity index (χ1n) is 12.6. The van der Waals surface area contributed by atoms with Crippen molar-refractivity contribution in [3.05, 3.63) is 93.5 Å². The molecular weight excluding hydrogens is 432 g/mol. The second-order valence-electron chi connectivity index (χ2n) is 10.5. The molecule has 0 bridgehead atoms. The first-order chi connectivity index (χ1) is 16.4. The molecule has 186 valence electrons. The van der Waals surface area contributed by atoms with Crippen LogP contribution in [0, 0.1) is 27.7 Å². The van der Waals surface area contributed by atoms with Crippen molar-refractivity contribution >= 4 is 5.97 Å². The van der Waals surface area contributed by atoms with Gasteiger partial charge in [0, 0.05) is 5.41 Å². The number of benzene rings is 3. The second kappa shape index (κ2) is 10.3. The Labute approximate surface area is 211 Å². The summed E-state index contributed by atoms with van der Waals surface area (Å²) in [5.41, 5.74) is 6.80. The minimum Gasteiger partial charge on any atom is -0.487 e. The summed E-state index contributed by atoms with van der Waals surface area (Å²) in [6.07, 6.45) is 1.94. The van der Waals surface area contributed by atoms with Crippen molar-refractivity contribution in [2.45, 2.75) is 86.2 Å². The van der Waals surface area contributed by atoms with Crippen molar-refractivity contribution in [1.29, 1.82) is 0 Å². The summed E-state index contributed by atoms with van der Waals surface area (Å²) in [6.45, 7) is 19.3. The molecule has 0 atom stereocenters. The average molecular weight is 473 g/mol. The molecule has 0 N–H and O–H groups in total. The van der Waals surface area contributed by atoms with E-state index in [0.717, 1.165) is 40.8 Å². The molecule has 0 heterocycles. The Morgan fingerprint density at radius 1 is 0.714 bits per heavy atom. The molecule has 0 saturated heterocycles. The van der Waals surface area contributed by atoms with E-state index in [4.69, 9.17) is 9.47 Å². The lowest BCUT2D eigenvalue weighted by molar-refractivity contribution is 0.0732. The fourth-order valence-electron chi connectivity index (χ4n) is 4.48. The Balaban J connectivity index is 1.94. The summed E-state index contributed by atoms with van der Waals surface area (Å²) >= 11 is 0. The van der Waals surface area contributed by atoms with Gasteiger partial charge in [-0.3, -0.25) is 0 Å². The molecule has 0 amide bonds. The first kappa shape index (κ1) is 26.5. The molecule has 0 saturated carbocycles. The fourth-order valence-corrected chi connectivity index (χ4v) is 4.48. The summed E-state index contributed by atoms with van der Waals surface area (Å²) in [6, 6.07) is 17.9. The second-order valence-corrected chi connectivity index (χ2v) is 10.5. The summed E-state index contributed by atoms with van der Waals surface area (Å²) in [5, 5.41) is 0. The van der Waals surface area contributed by atoms with Gasteiger partial charge >= 0.3 is 5.97 Å². The zero-order valence-corrected chi connectivity index (χ0v) is 22.8. The van der Waals surface area contributed by atoms with Crippen LogP contribution >= 0.6 is 0 Å². The van der Waals surface area contributed by atoms with Crippen LogP contribution in [0.3, 0.4) is 0 Å². The molecule has 3 rings (SSSR count). The molecule has 0 aromatic heterocycles. The van der Waals surface area contributed by atoms with E-state index < -0.39 is 0 Å². The predicted octanol–water partition coefficient (Wildman–Crippen LogP) is 8.42. The summed E-state index contributed by atoms with van der Waals surface area (Å²) in [4.78, 5) is 12.6. The van der Waals surface area contributed by atoms with Crippen LogP contribution in [-0.2, 0) is 5.41 Å². The van der Waals surface area contributed by atoms with Gasteiger partial charge in [0.2, 0.25) is 0 Å². The van der Waals surface area contributed by atoms with Crippen molar-refractivity contribution in [1.82, 2.24) is 0 Å². The third kappa shape index (κ3) is 5.61. The van der Waals surface area contributed by atoms with E-state index in [1.807, 2.05) is 32.0 Å². The highest BCUT2D eigenvalue weighted by Gasteiger charge is 2.28. The number of carbonyl (C=O) groups excluding carboxylic acids is 1. The number of hydrogen-bond acceptors (Lipinski definition) is 3. The van der Waals surface area contributed by atoms with Crippen LogP contribution in [0.1, 0.15) is 91.2 Å². The Hall–Kier alpha value is -3.07. The number of ether oxygens (including phenoxy) is 2. The van der Waals surface area contributed by atoms with E-state index in [2.05, 4.69) is 72.7 Å². The molecule has 0 fully saturated rings. The largest absolute Gasteiger partial charge is 0.487 e. The van der Waals surface area contributed by atoms with Gasteiger partial charge in [-0.1, -0.05) is 70.2 Å². The van der Waals surface area contributed by atoms with E-state index >= 15 is 0 Å². The number of esters is 1. The highest BCUT2D eigenvalue weighted by molar-refractivity contribution is 5.91. The zero-order valence-electron chi connectivity index (χ0n) is 22.8. The van der Waals surface area contributed by atoms with Crippen molar-refractivity contribution in [3.8, 4) is 11.5 Å². The quantitative estimate of drug-likeness (QED) is 0.244. The van der Waals surface area contributed by atoms with Crippen LogP contribution in [0.15, 0.2) is 54.6 Å². The molecule has 3 nitrogen and oxygen atoms in total. The molecule has 0 aliphatic carbocycles.